The van der Waals surface area contributed by atoms with E-state index >= 15 is 0 Å². The number of nitrogens with zero attached hydrogens (tertiary/aromatic N) is 1. The summed E-state index contributed by atoms with van der Waals surface area (Å²) in [5.74, 6) is -0.273. The molecule has 0 bridgehead atoms. The highest BCUT2D eigenvalue weighted by molar-refractivity contribution is 7.15. The molecule has 2 unspecified atom stereocenters. The molecular weight excluding hydrogens is 313 g/mol. The average Bonchev–Trinajstić information content (AvgIpc) is 2.92. The molecule has 0 fully saturated rings. The van der Waals surface area contributed by atoms with Crippen molar-refractivity contribution in [1.29, 1.82) is 0 Å². The van der Waals surface area contributed by atoms with E-state index in [9.17, 15) is 9.18 Å². The average molecular weight is 333 g/mol. The molecular formula is C17H20FN3OS. The number of amides is 1. The highest BCUT2D eigenvalue weighted by atomic mass is 32.1. The molecule has 0 radical (unpaired) electrons. The molecule has 1 aromatic carbocycles. The molecule has 122 valence electrons. The Kier molecular flexibility index (Phi) is 4.73. The van der Waals surface area contributed by atoms with Gasteiger partial charge in [0.1, 0.15) is 10.8 Å². The number of benzene rings is 1. The van der Waals surface area contributed by atoms with E-state index in [0.717, 1.165) is 40.4 Å². The summed E-state index contributed by atoms with van der Waals surface area (Å²) in [7, 11) is 0. The van der Waals surface area contributed by atoms with Crippen molar-refractivity contribution in [2.75, 3.05) is 0 Å². The minimum absolute atomic E-state index is 0.0108. The van der Waals surface area contributed by atoms with E-state index in [-0.39, 0.29) is 23.8 Å². The first-order valence-corrected chi connectivity index (χ1v) is 8.65. The quantitative estimate of drug-likeness (QED) is 0.903. The summed E-state index contributed by atoms with van der Waals surface area (Å²) in [6.45, 7) is 1.82. The minimum atomic E-state index is -0.254. The van der Waals surface area contributed by atoms with Crippen molar-refractivity contribution in [3.05, 3.63) is 40.7 Å². The molecule has 2 aromatic rings. The Balaban J connectivity index is 1.82. The summed E-state index contributed by atoms with van der Waals surface area (Å²) in [4.78, 5) is 17.8. The number of aromatic nitrogens is 1. The molecule has 0 spiro atoms. The molecule has 1 heterocycles. The van der Waals surface area contributed by atoms with E-state index in [1.54, 1.807) is 23.5 Å². The van der Waals surface area contributed by atoms with Crippen LogP contribution in [-0.2, 0) is 11.2 Å². The predicted molar refractivity (Wildman–Crippen MR) is 89.6 cm³/mol. The van der Waals surface area contributed by atoms with Crippen LogP contribution in [0.2, 0.25) is 0 Å². The first-order chi connectivity index (χ1) is 11.0. The van der Waals surface area contributed by atoms with E-state index in [4.69, 9.17) is 5.73 Å². The number of rotatable bonds is 4. The third-order valence-corrected chi connectivity index (χ3v) is 5.14. The lowest BCUT2D eigenvalue weighted by molar-refractivity contribution is -0.122. The molecule has 6 heteroatoms. The third kappa shape index (κ3) is 3.76. The van der Waals surface area contributed by atoms with E-state index in [1.165, 1.54) is 12.1 Å². The summed E-state index contributed by atoms with van der Waals surface area (Å²) in [5, 5.41) is 3.95. The van der Waals surface area contributed by atoms with Gasteiger partial charge < -0.3 is 11.1 Å². The number of nitrogens with one attached hydrogen (secondary N) is 1. The van der Waals surface area contributed by atoms with Gasteiger partial charge in [0.2, 0.25) is 5.91 Å². The van der Waals surface area contributed by atoms with Gasteiger partial charge in [0, 0.05) is 18.0 Å². The van der Waals surface area contributed by atoms with E-state index < -0.39 is 0 Å². The number of hydrogen-bond acceptors (Lipinski definition) is 4. The fourth-order valence-electron chi connectivity index (χ4n) is 2.82. The number of halogens is 1. The smallest absolute Gasteiger partial charge is 0.222 e. The van der Waals surface area contributed by atoms with Crippen molar-refractivity contribution < 1.29 is 9.18 Å². The first-order valence-electron chi connectivity index (χ1n) is 7.83. The standard InChI is InChI=1S/C17H20FN3OS/c1-10(19)9-15(22)20-13-3-2-4-14-16(13)23-17(21-14)11-5-7-12(18)8-6-11/h5-8,10,13H,2-4,9,19H2,1H3,(H,20,22). The fourth-order valence-corrected chi connectivity index (χ4v) is 4.02. The second-order valence-corrected chi connectivity index (χ2v) is 7.06. The van der Waals surface area contributed by atoms with Crippen LogP contribution in [0.5, 0.6) is 0 Å². The van der Waals surface area contributed by atoms with Gasteiger partial charge in [-0.05, 0) is 50.5 Å². The van der Waals surface area contributed by atoms with Crippen LogP contribution in [0.25, 0.3) is 10.6 Å². The van der Waals surface area contributed by atoms with Crippen LogP contribution in [-0.4, -0.2) is 16.9 Å². The maximum absolute atomic E-state index is 13.1. The lowest BCUT2D eigenvalue weighted by Gasteiger charge is -2.22. The largest absolute Gasteiger partial charge is 0.348 e. The molecule has 0 aliphatic heterocycles. The molecule has 23 heavy (non-hydrogen) atoms. The van der Waals surface area contributed by atoms with Gasteiger partial charge in [-0.15, -0.1) is 11.3 Å². The fraction of sp³-hybridized carbons (Fsp3) is 0.412. The Labute approximate surface area is 138 Å². The van der Waals surface area contributed by atoms with E-state index in [1.807, 2.05) is 6.92 Å². The van der Waals surface area contributed by atoms with Crippen LogP contribution in [0.1, 0.15) is 42.8 Å². The zero-order valence-electron chi connectivity index (χ0n) is 13.0. The maximum Gasteiger partial charge on any atom is 0.222 e. The molecule has 0 saturated carbocycles. The van der Waals surface area contributed by atoms with Gasteiger partial charge in [-0.25, -0.2) is 9.37 Å². The van der Waals surface area contributed by atoms with Crippen molar-refractivity contribution in [2.24, 2.45) is 5.73 Å². The van der Waals surface area contributed by atoms with Gasteiger partial charge in [0.15, 0.2) is 0 Å². The zero-order valence-corrected chi connectivity index (χ0v) is 13.8. The first kappa shape index (κ1) is 16.1. The molecule has 1 aliphatic carbocycles. The van der Waals surface area contributed by atoms with Gasteiger partial charge in [0.05, 0.1) is 16.6 Å². The Bertz CT molecular complexity index is 696. The highest BCUT2D eigenvalue weighted by Gasteiger charge is 2.26. The Morgan fingerprint density at radius 2 is 2.22 bits per heavy atom. The van der Waals surface area contributed by atoms with Gasteiger partial charge in [-0.1, -0.05) is 0 Å². The van der Waals surface area contributed by atoms with Crippen molar-refractivity contribution in [2.45, 2.75) is 44.7 Å². The monoisotopic (exact) mass is 333 g/mol. The second kappa shape index (κ2) is 6.76. The topological polar surface area (TPSA) is 68.0 Å². The summed E-state index contributed by atoms with van der Waals surface area (Å²) in [6.07, 6.45) is 3.17. The highest BCUT2D eigenvalue weighted by Crippen LogP contribution is 2.38. The summed E-state index contributed by atoms with van der Waals surface area (Å²) in [6, 6.07) is 6.23. The maximum atomic E-state index is 13.1. The molecule has 1 amide bonds. The number of aryl methyl sites for hydroxylation is 1. The number of thiazole rings is 1. The summed E-state index contributed by atoms with van der Waals surface area (Å²) in [5.41, 5.74) is 7.64. The van der Waals surface area contributed by atoms with Crippen LogP contribution in [0.3, 0.4) is 0 Å². The van der Waals surface area contributed by atoms with Crippen LogP contribution in [0, 0.1) is 5.82 Å². The zero-order chi connectivity index (χ0) is 16.4. The normalized spacial score (nSPS) is 18.3. The van der Waals surface area contributed by atoms with Crippen LogP contribution >= 0.6 is 11.3 Å². The SMILES string of the molecule is CC(N)CC(=O)NC1CCCc2nc(-c3ccc(F)cc3)sc21. The number of carbonyl (C=O) groups excluding carboxylic acids is 1. The summed E-state index contributed by atoms with van der Waals surface area (Å²) < 4.78 is 13.1. The van der Waals surface area contributed by atoms with Gasteiger partial charge in [0.25, 0.3) is 0 Å². The van der Waals surface area contributed by atoms with Crippen LogP contribution < -0.4 is 11.1 Å². The van der Waals surface area contributed by atoms with E-state index in [0.29, 0.717) is 6.42 Å². The number of carbonyl (C=O) groups is 1. The Morgan fingerprint density at radius 3 is 2.91 bits per heavy atom. The lowest BCUT2D eigenvalue weighted by atomic mass is 9.98. The molecule has 0 saturated heterocycles. The number of nitrogens with two attached hydrogens (primary N) is 1. The van der Waals surface area contributed by atoms with Gasteiger partial charge in [-0.2, -0.15) is 0 Å². The molecule has 1 aliphatic rings. The van der Waals surface area contributed by atoms with Crippen LogP contribution in [0.4, 0.5) is 4.39 Å². The summed E-state index contributed by atoms with van der Waals surface area (Å²) >= 11 is 1.58. The Morgan fingerprint density at radius 1 is 1.48 bits per heavy atom. The molecule has 3 N–H and O–H groups in total. The number of hydrogen-bond donors (Lipinski definition) is 2. The van der Waals surface area contributed by atoms with E-state index in [2.05, 4.69) is 10.3 Å². The van der Waals surface area contributed by atoms with Crippen molar-refractivity contribution in [1.82, 2.24) is 10.3 Å². The van der Waals surface area contributed by atoms with Gasteiger partial charge >= 0.3 is 0 Å². The Hall–Kier alpha value is -1.79. The molecule has 4 nitrogen and oxygen atoms in total. The van der Waals surface area contributed by atoms with Crippen molar-refractivity contribution >= 4 is 17.2 Å². The van der Waals surface area contributed by atoms with Crippen molar-refractivity contribution in [3.63, 3.8) is 0 Å². The molecule has 3 rings (SSSR count). The van der Waals surface area contributed by atoms with Crippen molar-refractivity contribution in [3.8, 4) is 10.6 Å². The predicted octanol–water partition coefficient (Wildman–Crippen LogP) is 3.18. The molecule has 2 atom stereocenters. The molecule has 1 aromatic heterocycles. The minimum Gasteiger partial charge on any atom is -0.348 e. The van der Waals surface area contributed by atoms with Crippen LogP contribution in [0.15, 0.2) is 24.3 Å². The second-order valence-electron chi connectivity index (χ2n) is 6.03. The lowest BCUT2D eigenvalue weighted by Crippen LogP contribution is -2.33. The third-order valence-electron chi connectivity index (χ3n) is 3.88. The number of fused-ring (bicyclic) bond motifs is 1. The van der Waals surface area contributed by atoms with Gasteiger partial charge in [-0.3, -0.25) is 4.79 Å².